The molecule has 0 amide bonds. The minimum Gasteiger partial charge on any atom is -0.483 e. The van der Waals surface area contributed by atoms with E-state index >= 15 is 0 Å². The number of pyridine rings is 2. The van der Waals surface area contributed by atoms with Crippen LogP contribution in [-0.2, 0) is 0 Å². The van der Waals surface area contributed by atoms with E-state index in [0.29, 0.717) is 32.9 Å². The smallest absolute Gasteiger partial charge is 0.167 e. The van der Waals surface area contributed by atoms with Crippen LogP contribution < -0.4 is 15.0 Å². The van der Waals surface area contributed by atoms with E-state index in [9.17, 15) is 4.39 Å². The van der Waals surface area contributed by atoms with Gasteiger partial charge in [-0.05, 0) is 25.1 Å². The van der Waals surface area contributed by atoms with E-state index in [0.717, 1.165) is 36.4 Å². The van der Waals surface area contributed by atoms with E-state index < -0.39 is 11.9 Å². The van der Waals surface area contributed by atoms with Crippen LogP contribution in [0, 0.1) is 11.2 Å². The largest absolute Gasteiger partial charge is 0.483 e. The maximum Gasteiger partial charge on any atom is 0.167 e. The number of hydrogen-bond donors (Lipinski definition) is 2. The predicted octanol–water partition coefficient (Wildman–Crippen LogP) is 6.43. The zero-order valence-corrected chi connectivity index (χ0v) is 22.7. The number of aromatic amines is 1. The Morgan fingerprint density at radius 1 is 1.14 bits per heavy atom. The number of nitrogens with one attached hydrogen (secondary N) is 2. The molecule has 10 heteroatoms. The molecule has 0 saturated carbocycles. The van der Waals surface area contributed by atoms with Crippen molar-refractivity contribution in [3.8, 4) is 17.0 Å². The molecule has 0 unspecified atom stereocenters. The number of rotatable bonds is 8. The normalized spacial score (nSPS) is 15.7. The summed E-state index contributed by atoms with van der Waals surface area (Å²) in [5, 5.41) is 12.3. The zero-order chi connectivity index (χ0) is 26.3. The lowest BCUT2D eigenvalue weighted by molar-refractivity contribution is 0.217. The Labute approximate surface area is 225 Å². The van der Waals surface area contributed by atoms with Crippen molar-refractivity contribution in [2.45, 2.75) is 39.8 Å². The summed E-state index contributed by atoms with van der Waals surface area (Å²) in [4.78, 5) is 10.9. The first-order valence-corrected chi connectivity index (χ1v) is 13.0. The van der Waals surface area contributed by atoms with E-state index in [1.54, 1.807) is 19.2 Å². The Balaban J connectivity index is 1.35. The Bertz CT molecular complexity index is 1400. The van der Waals surface area contributed by atoms with Gasteiger partial charge in [0.05, 0.1) is 15.6 Å². The van der Waals surface area contributed by atoms with E-state index in [-0.39, 0.29) is 11.2 Å². The van der Waals surface area contributed by atoms with Gasteiger partial charge in [0.15, 0.2) is 11.6 Å². The molecule has 7 nitrogen and oxygen atoms in total. The van der Waals surface area contributed by atoms with Gasteiger partial charge in [0.25, 0.3) is 0 Å². The van der Waals surface area contributed by atoms with E-state index in [4.69, 9.17) is 27.9 Å². The summed E-state index contributed by atoms with van der Waals surface area (Å²) in [6, 6.07) is 7.47. The molecule has 3 aromatic heterocycles. The second-order valence-corrected chi connectivity index (χ2v) is 11.1. The molecule has 0 spiro atoms. The van der Waals surface area contributed by atoms with Crippen molar-refractivity contribution in [2.24, 2.45) is 5.41 Å². The minimum absolute atomic E-state index is 0.0750. The molecule has 1 atom stereocenters. The van der Waals surface area contributed by atoms with Gasteiger partial charge >= 0.3 is 0 Å². The summed E-state index contributed by atoms with van der Waals surface area (Å²) in [6.07, 6.45) is 4.17. The first kappa shape index (κ1) is 25.7. The number of H-pyrrole nitrogens is 1. The lowest BCUT2D eigenvalue weighted by atomic mass is 9.81. The highest BCUT2D eigenvalue weighted by atomic mass is 35.5. The van der Waals surface area contributed by atoms with Crippen LogP contribution in [0.5, 0.6) is 5.75 Å². The van der Waals surface area contributed by atoms with Gasteiger partial charge in [-0.1, -0.05) is 44.0 Å². The fourth-order valence-corrected chi connectivity index (χ4v) is 5.37. The maximum absolute atomic E-state index is 14.9. The van der Waals surface area contributed by atoms with Crippen LogP contribution in [0.2, 0.25) is 10.0 Å². The van der Waals surface area contributed by atoms with Gasteiger partial charge in [0.1, 0.15) is 17.6 Å². The number of anilines is 1. The molecule has 194 valence electrons. The highest BCUT2D eigenvalue weighted by molar-refractivity contribution is 6.35. The van der Waals surface area contributed by atoms with Crippen molar-refractivity contribution < 1.29 is 9.13 Å². The van der Waals surface area contributed by atoms with E-state index in [1.807, 2.05) is 12.1 Å². The summed E-state index contributed by atoms with van der Waals surface area (Å²) < 4.78 is 20.8. The first-order chi connectivity index (χ1) is 17.6. The lowest BCUT2D eigenvalue weighted by Gasteiger charge is -2.49. The topological polar surface area (TPSA) is 79.0 Å². The third-order valence-corrected chi connectivity index (χ3v) is 7.25. The second kappa shape index (κ2) is 10.1. The number of benzene rings is 1. The third kappa shape index (κ3) is 5.23. The number of aromatic nitrogens is 4. The highest BCUT2D eigenvalue weighted by Gasteiger charge is 2.39. The van der Waals surface area contributed by atoms with Crippen LogP contribution in [0.4, 0.5) is 10.2 Å². The maximum atomic E-state index is 14.9. The number of hydrogen-bond acceptors (Lipinski definition) is 6. The molecule has 0 radical (unpaired) electrons. The number of ether oxygens (including phenoxy) is 1. The molecule has 4 heterocycles. The number of halogens is 3. The summed E-state index contributed by atoms with van der Waals surface area (Å²) >= 11 is 12.5. The van der Waals surface area contributed by atoms with Crippen molar-refractivity contribution in [3.63, 3.8) is 0 Å². The van der Waals surface area contributed by atoms with Crippen LogP contribution in [0.3, 0.4) is 0 Å². The SMILES string of the molecule is CC(C)NCC1(C)CN(c2ccc(-c3n[nH]c4cc(F)c(O[C@H](C)c5c(Cl)cncc5Cl)cc34)cn2)C1. The molecule has 1 aliphatic heterocycles. The summed E-state index contributed by atoms with van der Waals surface area (Å²) in [5.41, 5.74) is 2.84. The molecule has 4 aromatic rings. The summed E-state index contributed by atoms with van der Waals surface area (Å²) in [7, 11) is 0. The standard InChI is InChI=1S/C27H29Cl2FN6O/c1-15(2)33-12-27(4)13-36(14-27)24-6-5-17(9-32-24)26-18-7-23(21(30)8-22(18)34-35-26)37-16(3)25-19(28)10-31-11-20(25)29/h5-11,15-16,33H,12-14H2,1-4H3,(H,34,35)/t16-/m1/s1. The molecule has 0 aliphatic carbocycles. The minimum atomic E-state index is -0.593. The molecule has 1 saturated heterocycles. The summed E-state index contributed by atoms with van der Waals surface area (Å²) in [6.45, 7) is 11.3. The van der Waals surface area contributed by atoms with Crippen molar-refractivity contribution in [1.29, 1.82) is 0 Å². The molecule has 1 aromatic carbocycles. The Morgan fingerprint density at radius 2 is 1.86 bits per heavy atom. The van der Waals surface area contributed by atoms with E-state index in [1.165, 1.54) is 18.5 Å². The molecule has 1 fully saturated rings. The molecule has 2 N–H and O–H groups in total. The quantitative estimate of drug-likeness (QED) is 0.267. The number of fused-ring (bicyclic) bond motifs is 1. The van der Waals surface area contributed by atoms with Gasteiger partial charge in [0.2, 0.25) is 0 Å². The Morgan fingerprint density at radius 3 is 2.51 bits per heavy atom. The predicted molar refractivity (Wildman–Crippen MR) is 146 cm³/mol. The van der Waals surface area contributed by atoms with Gasteiger partial charge < -0.3 is 15.0 Å². The van der Waals surface area contributed by atoms with E-state index in [2.05, 4.69) is 51.2 Å². The fourth-order valence-electron chi connectivity index (χ4n) is 4.70. The van der Waals surface area contributed by atoms with Crippen LogP contribution in [0.25, 0.3) is 22.2 Å². The van der Waals surface area contributed by atoms with Crippen LogP contribution in [-0.4, -0.2) is 45.8 Å². The first-order valence-electron chi connectivity index (χ1n) is 12.2. The average Bonchev–Trinajstić information content (AvgIpc) is 3.23. The molecular weight excluding hydrogens is 514 g/mol. The van der Waals surface area contributed by atoms with Crippen molar-refractivity contribution in [1.82, 2.24) is 25.5 Å². The van der Waals surface area contributed by atoms with Gasteiger partial charge in [-0.25, -0.2) is 9.37 Å². The van der Waals surface area contributed by atoms with Crippen LogP contribution in [0.1, 0.15) is 39.4 Å². The van der Waals surface area contributed by atoms with Crippen LogP contribution in [0.15, 0.2) is 42.9 Å². The van der Waals surface area contributed by atoms with Gasteiger partial charge in [-0.15, -0.1) is 0 Å². The molecular formula is C27H29Cl2FN6O. The highest BCUT2D eigenvalue weighted by Crippen LogP contribution is 2.37. The van der Waals surface area contributed by atoms with Crippen LogP contribution >= 0.6 is 23.2 Å². The fraction of sp³-hybridized carbons (Fsp3) is 0.370. The molecule has 1 aliphatic rings. The number of nitrogens with zero attached hydrogens (tertiary/aromatic N) is 4. The Kier molecular flexibility index (Phi) is 7.00. The zero-order valence-electron chi connectivity index (χ0n) is 21.1. The average molecular weight is 543 g/mol. The molecule has 0 bridgehead atoms. The monoisotopic (exact) mass is 542 g/mol. The van der Waals surface area contributed by atoms with Crippen molar-refractivity contribution in [3.05, 3.63) is 64.3 Å². The second-order valence-electron chi connectivity index (χ2n) is 10.3. The lowest BCUT2D eigenvalue weighted by Crippen LogP contribution is -2.59. The van der Waals surface area contributed by atoms with Crippen molar-refractivity contribution in [2.75, 3.05) is 24.5 Å². The van der Waals surface area contributed by atoms with Gasteiger partial charge in [-0.2, -0.15) is 5.10 Å². The van der Waals surface area contributed by atoms with Gasteiger partial charge in [-0.3, -0.25) is 10.1 Å². The van der Waals surface area contributed by atoms with Gasteiger partial charge in [0, 0.05) is 72.3 Å². The molecule has 37 heavy (non-hydrogen) atoms. The Hall–Kier alpha value is -2.94. The summed E-state index contributed by atoms with van der Waals surface area (Å²) in [5.74, 6) is 0.490. The third-order valence-electron chi connectivity index (χ3n) is 6.64. The van der Waals surface area contributed by atoms with Crippen molar-refractivity contribution >= 4 is 39.9 Å². The molecule has 5 rings (SSSR count).